The number of nitrogens with one attached hydrogen (secondary N) is 1. The van der Waals surface area contributed by atoms with Crippen molar-refractivity contribution in [3.63, 3.8) is 0 Å². The topological polar surface area (TPSA) is 77.8 Å². The molecule has 1 aromatic heterocycles. The number of para-hydroxylation sites is 1. The molecule has 1 N–H and O–H groups in total. The van der Waals surface area contributed by atoms with E-state index in [-0.39, 0.29) is 24.3 Å². The van der Waals surface area contributed by atoms with Crippen molar-refractivity contribution in [2.24, 2.45) is 0 Å². The number of esters is 1. The molecular formula is C18H19NO5. The zero-order chi connectivity index (χ0) is 16.9. The van der Waals surface area contributed by atoms with Crippen LogP contribution in [0.5, 0.6) is 5.75 Å². The molecule has 3 rings (SSSR count). The van der Waals surface area contributed by atoms with Crippen LogP contribution in [0.2, 0.25) is 0 Å². The van der Waals surface area contributed by atoms with E-state index in [4.69, 9.17) is 13.9 Å². The number of rotatable bonds is 7. The summed E-state index contributed by atoms with van der Waals surface area (Å²) in [6, 6.07) is 12.7. The van der Waals surface area contributed by atoms with Crippen molar-refractivity contribution in [3.8, 4) is 5.75 Å². The third-order valence-electron chi connectivity index (χ3n) is 3.56. The fourth-order valence-corrected chi connectivity index (χ4v) is 2.05. The fraction of sp³-hybridized carbons (Fsp3) is 0.333. The van der Waals surface area contributed by atoms with E-state index in [2.05, 4.69) is 5.32 Å². The molecule has 0 saturated heterocycles. The molecule has 1 heterocycles. The van der Waals surface area contributed by atoms with Gasteiger partial charge in [0.15, 0.2) is 6.10 Å². The normalized spacial score (nSPS) is 14.7. The Labute approximate surface area is 139 Å². The summed E-state index contributed by atoms with van der Waals surface area (Å²) in [6.07, 6.45) is 1.11. The average Bonchev–Trinajstić information content (AvgIpc) is 3.27. The molecule has 6 nitrogen and oxygen atoms in total. The summed E-state index contributed by atoms with van der Waals surface area (Å²) < 4.78 is 16.1. The molecule has 0 unspecified atom stereocenters. The molecule has 1 fully saturated rings. The highest BCUT2D eigenvalue weighted by Crippen LogP contribution is 2.19. The van der Waals surface area contributed by atoms with E-state index in [0.29, 0.717) is 11.5 Å². The summed E-state index contributed by atoms with van der Waals surface area (Å²) in [7, 11) is 0. The molecule has 0 radical (unpaired) electrons. The van der Waals surface area contributed by atoms with E-state index in [9.17, 15) is 9.59 Å². The first-order chi connectivity index (χ1) is 11.6. The third-order valence-corrected chi connectivity index (χ3v) is 3.56. The van der Waals surface area contributed by atoms with Crippen molar-refractivity contribution < 1.29 is 23.5 Å². The van der Waals surface area contributed by atoms with Gasteiger partial charge in [0.2, 0.25) is 5.76 Å². The largest absolute Gasteiger partial charge is 0.486 e. The lowest BCUT2D eigenvalue weighted by atomic mass is 10.3. The molecule has 6 heteroatoms. The minimum absolute atomic E-state index is 0.0488. The fourth-order valence-electron chi connectivity index (χ4n) is 2.05. The predicted octanol–water partition coefficient (Wildman–Crippen LogP) is 2.68. The summed E-state index contributed by atoms with van der Waals surface area (Å²) in [4.78, 5) is 23.8. The van der Waals surface area contributed by atoms with Crippen LogP contribution in [0.15, 0.2) is 46.9 Å². The molecule has 1 saturated carbocycles. The van der Waals surface area contributed by atoms with Gasteiger partial charge in [0.1, 0.15) is 18.1 Å². The Hall–Kier alpha value is -2.76. The maximum Gasteiger partial charge on any atom is 0.375 e. The molecule has 0 bridgehead atoms. The number of ether oxygens (including phenoxy) is 2. The minimum atomic E-state index is -0.854. The van der Waals surface area contributed by atoms with Crippen molar-refractivity contribution in [1.29, 1.82) is 0 Å². The first kappa shape index (κ1) is 16.1. The maximum atomic E-state index is 12.0. The Balaban J connectivity index is 1.50. The number of carbonyl (C=O) groups is 2. The lowest BCUT2D eigenvalue weighted by Gasteiger charge is -2.12. The van der Waals surface area contributed by atoms with Gasteiger partial charge in [0, 0.05) is 6.04 Å². The van der Waals surface area contributed by atoms with Crippen LogP contribution in [0.1, 0.15) is 36.1 Å². The highest BCUT2D eigenvalue weighted by molar-refractivity contribution is 5.90. The Morgan fingerprint density at radius 1 is 1.21 bits per heavy atom. The summed E-state index contributed by atoms with van der Waals surface area (Å²) in [6.45, 7) is 1.74. The van der Waals surface area contributed by atoms with Gasteiger partial charge in [-0.2, -0.15) is 0 Å². The quantitative estimate of drug-likeness (QED) is 0.790. The lowest BCUT2D eigenvalue weighted by molar-refractivity contribution is -0.129. The molecular weight excluding hydrogens is 310 g/mol. The average molecular weight is 329 g/mol. The van der Waals surface area contributed by atoms with E-state index in [1.165, 1.54) is 13.0 Å². The van der Waals surface area contributed by atoms with Crippen molar-refractivity contribution in [2.75, 3.05) is 0 Å². The molecule has 1 aromatic carbocycles. The maximum absolute atomic E-state index is 12.0. The van der Waals surface area contributed by atoms with Crippen molar-refractivity contribution in [1.82, 2.24) is 5.32 Å². The van der Waals surface area contributed by atoms with Gasteiger partial charge in [-0.25, -0.2) is 4.79 Å². The number of hydrogen-bond acceptors (Lipinski definition) is 5. The Morgan fingerprint density at radius 2 is 1.96 bits per heavy atom. The predicted molar refractivity (Wildman–Crippen MR) is 85.5 cm³/mol. The zero-order valence-electron chi connectivity index (χ0n) is 13.4. The number of carbonyl (C=O) groups excluding carboxylic acids is 2. The summed E-state index contributed by atoms with van der Waals surface area (Å²) >= 11 is 0. The van der Waals surface area contributed by atoms with Crippen molar-refractivity contribution in [3.05, 3.63) is 54.0 Å². The Kier molecular flexibility index (Phi) is 4.84. The van der Waals surface area contributed by atoms with Gasteiger partial charge in [-0.15, -0.1) is 0 Å². The number of amides is 1. The lowest BCUT2D eigenvalue weighted by Crippen LogP contribution is -2.37. The van der Waals surface area contributed by atoms with E-state index in [1.807, 2.05) is 30.3 Å². The molecule has 0 spiro atoms. The van der Waals surface area contributed by atoms with Gasteiger partial charge in [0.05, 0.1) is 0 Å². The summed E-state index contributed by atoms with van der Waals surface area (Å²) in [5.41, 5.74) is 0. The van der Waals surface area contributed by atoms with Crippen LogP contribution in [0, 0.1) is 0 Å². The highest BCUT2D eigenvalue weighted by Gasteiger charge is 2.28. The molecule has 2 aromatic rings. The van der Waals surface area contributed by atoms with E-state index >= 15 is 0 Å². The van der Waals surface area contributed by atoms with Crippen molar-refractivity contribution in [2.45, 2.75) is 38.5 Å². The molecule has 126 valence electrons. The Morgan fingerprint density at radius 3 is 2.67 bits per heavy atom. The minimum Gasteiger partial charge on any atom is -0.486 e. The summed E-state index contributed by atoms with van der Waals surface area (Å²) in [5.74, 6) is 0.307. The molecule has 0 aliphatic heterocycles. The van der Waals surface area contributed by atoms with E-state index in [1.54, 1.807) is 6.07 Å². The van der Waals surface area contributed by atoms with Crippen LogP contribution in [0.4, 0.5) is 0 Å². The van der Waals surface area contributed by atoms with Gasteiger partial charge >= 0.3 is 5.97 Å². The molecule has 24 heavy (non-hydrogen) atoms. The second-order valence-corrected chi connectivity index (χ2v) is 5.70. The van der Waals surface area contributed by atoms with Gasteiger partial charge in [-0.05, 0) is 44.0 Å². The van der Waals surface area contributed by atoms with E-state index < -0.39 is 12.1 Å². The van der Waals surface area contributed by atoms with Gasteiger partial charge in [0.25, 0.3) is 5.91 Å². The third kappa shape index (κ3) is 4.38. The van der Waals surface area contributed by atoms with Crippen LogP contribution < -0.4 is 10.1 Å². The number of hydrogen-bond donors (Lipinski definition) is 1. The first-order valence-electron chi connectivity index (χ1n) is 7.90. The van der Waals surface area contributed by atoms with Gasteiger partial charge in [-0.3, -0.25) is 4.79 Å². The number of benzene rings is 1. The van der Waals surface area contributed by atoms with Crippen LogP contribution in [-0.4, -0.2) is 24.0 Å². The molecule has 1 aliphatic rings. The van der Waals surface area contributed by atoms with Gasteiger partial charge in [-0.1, -0.05) is 18.2 Å². The van der Waals surface area contributed by atoms with Crippen LogP contribution in [0.25, 0.3) is 0 Å². The summed E-state index contributed by atoms with van der Waals surface area (Å²) in [5, 5.41) is 2.79. The molecule has 1 atom stereocenters. The van der Waals surface area contributed by atoms with Crippen molar-refractivity contribution >= 4 is 11.9 Å². The first-order valence-corrected chi connectivity index (χ1v) is 7.90. The molecule has 1 aliphatic carbocycles. The van der Waals surface area contributed by atoms with Crippen LogP contribution in [-0.2, 0) is 16.1 Å². The Bertz CT molecular complexity index is 705. The van der Waals surface area contributed by atoms with Crippen LogP contribution in [0.3, 0.4) is 0 Å². The van der Waals surface area contributed by atoms with E-state index in [0.717, 1.165) is 12.8 Å². The zero-order valence-corrected chi connectivity index (χ0v) is 13.4. The highest BCUT2D eigenvalue weighted by atomic mass is 16.6. The second kappa shape index (κ2) is 7.21. The SMILES string of the molecule is C[C@H](OC(=O)c1ccc(COc2ccccc2)o1)C(=O)NC1CC1. The molecule has 1 amide bonds. The standard InChI is InChI=1S/C18H19NO5/c1-12(17(20)19-13-7-8-13)23-18(21)16-10-9-15(24-16)11-22-14-5-3-2-4-6-14/h2-6,9-10,12-13H,7-8,11H2,1H3,(H,19,20)/t12-/m0/s1. The second-order valence-electron chi connectivity index (χ2n) is 5.70. The smallest absolute Gasteiger partial charge is 0.375 e. The van der Waals surface area contributed by atoms with Gasteiger partial charge < -0.3 is 19.2 Å². The van der Waals surface area contributed by atoms with Crippen LogP contribution >= 0.6 is 0 Å². The monoisotopic (exact) mass is 329 g/mol. The number of furan rings is 1.